The van der Waals surface area contributed by atoms with Crippen molar-refractivity contribution in [3.05, 3.63) is 30.3 Å². The number of hydrogen-bond donors (Lipinski definition) is 0. The van der Waals surface area contributed by atoms with Crippen LogP contribution in [-0.2, 0) is 14.6 Å². The lowest BCUT2D eigenvalue weighted by Crippen LogP contribution is -2.30. The lowest BCUT2D eigenvalue weighted by Gasteiger charge is -2.17. The van der Waals surface area contributed by atoms with Gasteiger partial charge in [-0.3, -0.25) is 0 Å². The van der Waals surface area contributed by atoms with Crippen LogP contribution in [0, 0.1) is 5.92 Å². The largest absolute Gasteiger partial charge is 0.449 e. The smallest absolute Gasteiger partial charge is 0.409 e. The van der Waals surface area contributed by atoms with Crippen molar-refractivity contribution in [2.24, 2.45) is 5.92 Å². The Bertz CT molecular complexity index is 847. The van der Waals surface area contributed by atoms with Gasteiger partial charge < -0.3 is 9.64 Å². The second-order valence-electron chi connectivity index (χ2n) is 6.37. The zero-order valence-electron chi connectivity index (χ0n) is 14.5. The molecule has 1 saturated heterocycles. The number of sulfone groups is 1. The van der Waals surface area contributed by atoms with Crippen molar-refractivity contribution in [3.63, 3.8) is 0 Å². The van der Waals surface area contributed by atoms with Crippen molar-refractivity contribution < 1.29 is 17.9 Å². The fourth-order valence-electron chi connectivity index (χ4n) is 2.81. The fourth-order valence-corrected chi connectivity index (χ4v) is 4.37. The van der Waals surface area contributed by atoms with Crippen LogP contribution in [0.3, 0.4) is 0 Å². The number of amides is 1. The quantitative estimate of drug-likeness (QED) is 0.744. The van der Waals surface area contributed by atoms with Crippen LogP contribution in [-0.4, -0.2) is 65.1 Å². The molecule has 1 aromatic carbocycles. The third kappa shape index (κ3) is 4.18. The second-order valence-corrected chi connectivity index (χ2v) is 8.29. The third-order valence-electron chi connectivity index (χ3n) is 4.08. The molecule has 26 heavy (non-hydrogen) atoms. The van der Waals surface area contributed by atoms with E-state index < -0.39 is 9.84 Å². The molecule has 9 nitrogen and oxygen atoms in total. The predicted octanol–water partition coefficient (Wildman–Crippen LogP) is 1.30. The van der Waals surface area contributed by atoms with E-state index in [-0.39, 0.29) is 29.5 Å². The Balaban J connectivity index is 1.64. The Hall–Kier alpha value is -2.49. The first-order valence-electron chi connectivity index (χ1n) is 8.45. The van der Waals surface area contributed by atoms with Crippen LogP contribution in [0.25, 0.3) is 5.69 Å². The van der Waals surface area contributed by atoms with E-state index >= 15 is 0 Å². The van der Waals surface area contributed by atoms with Crippen LogP contribution in [0.4, 0.5) is 4.79 Å². The summed E-state index contributed by atoms with van der Waals surface area (Å²) in [5.41, 5.74) is 0.559. The molecule has 1 amide bonds. The molecule has 1 aliphatic rings. The third-order valence-corrected chi connectivity index (χ3v) is 5.90. The van der Waals surface area contributed by atoms with Gasteiger partial charge in [0.05, 0.1) is 18.0 Å². The van der Waals surface area contributed by atoms with Crippen LogP contribution >= 0.6 is 0 Å². The summed E-state index contributed by atoms with van der Waals surface area (Å²) in [6, 6.07) is 8.80. The van der Waals surface area contributed by atoms with E-state index in [1.54, 1.807) is 36.1 Å². The van der Waals surface area contributed by atoms with Crippen LogP contribution in [0.1, 0.15) is 19.8 Å². The molecule has 140 valence electrons. The molecule has 1 aromatic heterocycles. The van der Waals surface area contributed by atoms with E-state index in [9.17, 15) is 13.2 Å². The molecule has 0 spiro atoms. The van der Waals surface area contributed by atoms with Gasteiger partial charge in [-0.25, -0.2) is 13.2 Å². The van der Waals surface area contributed by atoms with Crippen LogP contribution in [0.2, 0.25) is 0 Å². The van der Waals surface area contributed by atoms with Gasteiger partial charge in [0.15, 0.2) is 0 Å². The van der Waals surface area contributed by atoms with Gasteiger partial charge in [-0.1, -0.05) is 30.2 Å². The lowest BCUT2D eigenvalue weighted by atomic mass is 10.2. The van der Waals surface area contributed by atoms with Gasteiger partial charge in [0.25, 0.3) is 5.16 Å². The first kappa shape index (κ1) is 18.3. The van der Waals surface area contributed by atoms with Gasteiger partial charge in [0, 0.05) is 19.0 Å². The Morgan fingerprint density at radius 3 is 2.62 bits per heavy atom. The zero-order chi connectivity index (χ0) is 18.6. The number of hydrogen-bond acceptors (Lipinski definition) is 7. The highest BCUT2D eigenvalue weighted by atomic mass is 32.2. The second kappa shape index (κ2) is 7.81. The average molecular weight is 379 g/mol. The predicted molar refractivity (Wildman–Crippen MR) is 92.5 cm³/mol. The number of nitrogens with zero attached hydrogens (tertiary/aromatic N) is 5. The van der Waals surface area contributed by atoms with Crippen LogP contribution in [0.5, 0.6) is 0 Å². The molecule has 1 fully saturated rings. The molecule has 2 aromatic rings. The molecule has 0 saturated carbocycles. The maximum Gasteiger partial charge on any atom is 0.409 e. The summed E-state index contributed by atoms with van der Waals surface area (Å²) in [4.78, 5) is 13.5. The minimum Gasteiger partial charge on any atom is -0.449 e. The van der Waals surface area contributed by atoms with Crippen molar-refractivity contribution in [3.8, 4) is 5.69 Å². The topological polar surface area (TPSA) is 107 Å². The Kier molecular flexibility index (Phi) is 5.50. The highest BCUT2D eigenvalue weighted by molar-refractivity contribution is 7.91. The Morgan fingerprint density at radius 2 is 1.92 bits per heavy atom. The SMILES string of the molecule is C[C@@H](COC(=O)N1CCCC1)CS(=O)(=O)c1nnnn1-c1ccccc1. The van der Waals surface area contributed by atoms with Crippen molar-refractivity contribution in [2.45, 2.75) is 24.9 Å². The fraction of sp³-hybridized carbons (Fsp3) is 0.500. The Morgan fingerprint density at radius 1 is 1.23 bits per heavy atom. The Labute approximate surface area is 151 Å². The number of para-hydroxylation sites is 1. The van der Waals surface area contributed by atoms with Gasteiger partial charge in [0.2, 0.25) is 9.84 Å². The molecule has 1 aliphatic heterocycles. The first-order valence-corrected chi connectivity index (χ1v) is 10.1. The molecule has 10 heteroatoms. The van der Waals surface area contributed by atoms with Gasteiger partial charge in [-0.05, 0) is 35.4 Å². The monoisotopic (exact) mass is 379 g/mol. The summed E-state index contributed by atoms with van der Waals surface area (Å²) in [5.74, 6) is -0.597. The van der Waals surface area contributed by atoms with Crippen molar-refractivity contribution in [1.82, 2.24) is 25.1 Å². The number of tetrazole rings is 1. The molecule has 0 N–H and O–H groups in total. The lowest BCUT2D eigenvalue weighted by molar-refractivity contribution is 0.0998. The molecule has 2 heterocycles. The maximum atomic E-state index is 12.7. The van der Waals surface area contributed by atoms with Crippen LogP contribution < -0.4 is 0 Å². The number of rotatable bonds is 6. The van der Waals surface area contributed by atoms with Gasteiger partial charge in [-0.15, -0.1) is 0 Å². The summed E-state index contributed by atoms with van der Waals surface area (Å²) in [7, 11) is -3.74. The van der Waals surface area contributed by atoms with E-state index in [4.69, 9.17) is 4.74 Å². The number of aromatic nitrogens is 4. The molecule has 1 atom stereocenters. The summed E-state index contributed by atoms with van der Waals surface area (Å²) in [5, 5.41) is 10.7. The summed E-state index contributed by atoms with van der Waals surface area (Å²) in [6.07, 6.45) is 1.56. The summed E-state index contributed by atoms with van der Waals surface area (Å²) in [6.45, 7) is 3.13. The molecular weight excluding hydrogens is 358 g/mol. The van der Waals surface area contributed by atoms with Gasteiger partial charge >= 0.3 is 6.09 Å². The zero-order valence-corrected chi connectivity index (χ0v) is 15.3. The summed E-state index contributed by atoms with van der Waals surface area (Å²) < 4.78 is 31.8. The highest BCUT2D eigenvalue weighted by Gasteiger charge is 2.27. The molecule has 3 rings (SSSR count). The number of carbonyl (C=O) groups excluding carboxylic acids is 1. The van der Waals surface area contributed by atoms with E-state index in [1.165, 1.54) is 4.68 Å². The standard InChI is InChI=1S/C16H21N5O4S/c1-13(11-25-16(22)20-9-5-6-10-20)12-26(23,24)15-17-18-19-21(15)14-7-3-2-4-8-14/h2-4,7-8,13H,5-6,9-12H2,1H3/t13-/m0/s1. The van der Waals surface area contributed by atoms with E-state index in [0.717, 1.165) is 12.8 Å². The summed E-state index contributed by atoms with van der Waals surface area (Å²) >= 11 is 0. The van der Waals surface area contributed by atoms with Gasteiger partial charge in [0.1, 0.15) is 0 Å². The molecule has 0 radical (unpaired) electrons. The number of benzene rings is 1. The number of likely N-dealkylation sites (tertiary alicyclic amines) is 1. The maximum absolute atomic E-state index is 12.7. The van der Waals surface area contributed by atoms with Gasteiger partial charge in [-0.2, -0.15) is 4.68 Å². The minimum absolute atomic E-state index is 0.0292. The molecule has 0 aliphatic carbocycles. The van der Waals surface area contributed by atoms with Crippen molar-refractivity contribution in [2.75, 3.05) is 25.4 Å². The van der Waals surface area contributed by atoms with E-state index in [2.05, 4.69) is 15.5 Å². The van der Waals surface area contributed by atoms with E-state index in [0.29, 0.717) is 18.8 Å². The highest BCUT2D eigenvalue weighted by Crippen LogP contribution is 2.16. The number of ether oxygens (including phenoxy) is 1. The minimum atomic E-state index is -3.74. The van der Waals surface area contributed by atoms with Crippen LogP contribution in [0.15, 0.2) is 35.5 Å². The number of carbonyl (C=O) groups is 1. The normalized spacial score (nSPS) is 15.8. The average Bonchev–Trinajstić information content (AvgIpc) is 3.31. The molecule has 0 unspecified atom stereocenters. The van der Waals surface area contributed by atoms with E-state index in [1.807, 2.05) is 6.07 Å². The molecular formula is C16H21N5O4S. The van der Waals surface area contributed by atoms with Crippen molar-refractivity contribution >= 4 is 15.9 Å². The first-order chi connectivity index (χ1) is 12.5. The molecule has 0 bridgehead atoms. The van der Waals surface area contributed by atoms with Crippen molar-refractivity contribution in [1.29, 1.82) is 0 Å².